The van der Waals surface area contributed by atoms with Crippen molar-refractivity contribution in [3.63, 3.8) is 0 Å². The van der Waals surface area contributed by atoms with Crippen molar-refractivity contribution in [3.05, 3.63) is 53.1 Å². The number of imide groups is 1. The first-order valence-electron chi connectivity index (χ1n) is 8.41. The Balaban J connectivity index is 1.51. The van der Waals surface area contributed by atoms with Crippen molar-refractivity contribution in [2.24, 2.45) is 11.1 Å². The molecular weight excluding hydrogens is 372 g/mol. The molecule has 2 atom stereocenters. The molecule has 5 rings (SSSR count). The highest BCUT2D eigenvalue weighted by Crippen LogP contribution is 2.39. The van der Waals surface area contributed by atoms with Gasteiger partial charge in [-0.25, -0.2) is 4.90 Å². The first-order valence-corrected chi connectivity index (χ1v) is 8.79. The van der Waals surface area contributed by atoms with Crippen LogP contribution in [0.15, 0.2) is 47.6 Å². The van der Waals surface area contributed by atoms with Crippen molar-refractivity contribution in [1.82, 2.24) is 0 Å². The Bertz CT molecular complexity index is 1010. The lowest BCUT2D eigenvalue weighted by molar-refractivity contribution is -0.126. The van der Waals surface area contributed by atoms with Gasteiger partial charge in [-0.2, -0.15) is 0 Å². The molecule has 0 bridgehead atoms. The van der Waals surface area contributed by atoms with E-state index in [0.717, 1.165) is 4.90 Å². The number of amides is 2. The molecule has 0 aliphatic carbocycles. The quantitative estimate of drug-likeness (QED) is 0.743. The fourth-order valence-electron chi connectivity index (χ4n) is 3.49. The summed E-state index contributed by atoms with van der Waals surface area (Å²) in [4.78, 5) is 32.3. The summed E-state index contributed by atoms with van der Waals surface area (Å²) in [5, 5.41) is 4.41. The van der Waals surface area contributed by atoms with Crippen molar-refractivity contribution in [3.8, 4) is 11.5 Å². The molecule has 2 aromatic rings. The minimum absolute atomic E-state index is 0.365. The molecular formula is C19H13ClN2O5. The summed E-state index contributed by atoms with van der Waals surface area (Å²) in [6, 6.07) is 12.0. The number of carbonyl (C=O) groups excluding carboxylic acids is 2. The Morgan fingerprint density at radius 3 is 2.59 bits per heavy atom. The molecule has 0 spiro atoms. The number of nitrogens with zero attached hydrogens (tertiary/aromatic N) is 2. The molecule has 7 nitrogen and oxygen atoms in total. The van der Waals surface area contributed by atoms with Crippen molar-refractivity contribution in [2.45, 2.75) is 6.10 Å². The number of halogens is 1. The highest BCUT2D eigenvalue weighted by atomic mass is 35.5. The number of oxime groups is 1. The molecule has 8 heteroatoms. The molecule has 0 radical (unpaired) electrons. The van der Waals surface area contributed by atoms with E-state index < -0.39 is 23.8 Å². The number of anilines is 1. The zero-order valence-electron chi connectivity index (χ0n) is 13.9. The number of hydrogen-bond acceptors (Lipinski definition) is 6. The molecule has 2 amide bonds. The Labute approximate surface area is 159 Å². The van der Waals surface area contributed by atoms with Gasteiger partial charge >= 0.3 is 0 Å². The van der Waals surface area contributed by atoms with Gasteiger partial charge in [-0.15, -0.1) is 0 Å². The average Bonchev–Trinajstić information content (AvgIpc) is 3.22. The van der Waals surface area contributed by atoms with Gasteiger partial charge < -0.3 is 14.3 Å². The molecule has 3 aliphatic rings. The van der Waals surface area contributed by atoms with E-state index in [0.29, 0.717) is 46.7 Å². The fourth-order valence-corrected chi connectivity index (χ4v) is 3.73. The predicted molar refractivity (Wildman–Crippen MR) is 96.3 cm³/mol. The molecule has 0 saturated carbocycles. The number of rotatable bonds is 2. The number of benzene rings is 2. The van der Waals surface area contributed by atoms with Crippen molar-refractivity contribution < 1.29 is 23.9 Å². The minimum Gasteiger partial charge on any atom is -0.486 e. The zero-order chi connectivity index (χ0) is 18.5. The molecule has 3 aliphatic heterocycles. The van der Waals surface area contributed by atoms with Gasteiger partial charge in [0.25, 0.3) is 5.91 Å². The number of ether oxygens (including phenoxy) is 2. The summed E-state index contributed by atoms with van der Waals surface area (Å²) in [5.74, 6) is -0.618. The van der Waals surface area contributed by atoms with Gasteiger partial charge in [-0.05, 0) is 18.2 Å². The van der Waals surface area contributed by atoms with Gasteiger partial charge in [0.1, 0.15) is 24.8 Å². The van der Waals surface area contributed by atoms with E-state index in [9.17, 15) is 9.59 Å². The largest absolute Gasteiger partial charge is 0.486 e. The van der Waals surface area contributed by atoms with E-state index in [1.807, 2.05) is 0 Å². The second kappa shape index (κ2) is 5.99. The molecule has 3 heterocycles. The van der Waals surface area contributed by atoms with Crippen LogP contribution in [0.3, 0.4) is 0 Å². The van der Waals surface area contributed by atoms with Crippen LogP contribution < -0.4 is 14.4 Å². The summed E-state index contributed by atoms with van der Waals surface area (Å²) in [5.41, 5.74) is 1.35. The first-order chi connectivity index (χ1) is 13.1. The van der Waals surface area contributed by atoms with Crippen LogP contribution in [0.1, 0.15) is 5.56 Å². The Hall–Kier alpha value is -3.06. The third kappa shape index (κ3) is 2.39. The van der Waals surface area contributed by atoms with Crippen molar-refractivity contribution in [2.75, 3.05) is 18.1 Å². The highest BCUT2D eigenvalue weighted by Gasteiger charge is 2.56. The van der Waals surface area contributed by atoms with Crippen LogP contribution in [0, 0.1) is 5.92 Å². The topological polar surface area (TPSA) is 77.4 Å². The summed E-state index contributed by atoms with van der Waals surface area (Å²) in [7, 11) is 0. The normalized spacial score (nSPS) is 23.1. The van der Waals surface area contributed by atoms with Gasteiger partial charge in [0.05, 0.1) is 5.69 Å². The van der Waals surface area contributed by atoms with Crippen LogP contribution in [0.5, 0.6) is 11.5 Å². The smallest absolute Gasteiger partial charge is 0.278 e. The summed E-state index contributed by atoms with van der Waals surface area (Å²) in [6.07, 6.45) is -0.989. The van der Waals surface area contributed by atoms with Gasteiger partial charge in [-0.1, -0.05) is 35.0 Å². The van der Waals surface area contributed by atoms with Crippen LogP contribution in [-0.4, -0.2) is 36.8 Å². The van der Waals surface area contributed by atoms with Crippen molar-refractivity contribution >= 4 is 34.8 Å². The SMILES string of the molecule is O=C1[C@@H]2C(c3ccccc3Cl)=NO[C@H]2C(=O)N1c1ccc2c(c1)OCCO2. The summed E-state index contributed by atoms with van der Waals surface area (Å²) >= 11 is 6.23. The maximum atomic E-state index is 13.1. The molecule has 1 saturated heterocycles. The number of carbonyl (C=O) groups is 2. The maximum Gasteiger partial charge on any atom is 0.278 e. The number of fused-ring (bicyclic) bond motifs is 2. The van der Waals surface area contributed by atoms with Crippen LogP contribution in [0.4, 0.5) is 5.69 Å². The second-order valence-electron chi connectivity index (χ2n) is 6.30. The molecule has 0 aromatic heterocycles. The molecule has 0 N–H and O–H groups in total. The second-order valence-corrected chi connectivity index (χ2v) is 6.71. The third-order valence-corrected chi connectivity index (χ3v) is 5.08. The van der Waals surface area contributed by atoms with Gasteiger partial charge in [0.15, 0.2) is 11.5 Å². The van der Waals surface area contributed by atoms with Gasteiger partial charge in [0, 0.05) is 16.7 Å². The fraction of sp³-hybridized carbons (Fsp3) is 0.211. The zero-order valence-corrected chi connectivity index (χ0v) is 14.7. The van der Waals surface area contributed by atoms with Crippen molar-refractivity contribution in [1.29, 1.82) is 0 Å². The Morgan fingerprint density at radius 2 is 1.78 bits per heavy atom. The maximum absolute atomic E-state index is 13.1. The van der Waals surface area contributed by atoms with Crippen LogP contribution in [-0.2, 0) is 14.4 Å². The number of hydrogen-bond donors (Lipinski definition) is 0. The van der Waals surface area contributed by atoms with E-state index in [1.54, 1.807) is 42.5 Å². The van der Waals surface area contributed by atoms with Gasteiger partial charge in [-0.3, -0.25) is 9.59 Å². The minimum atomic E-state index is -0.989. The Kier molecular flexibility index (Phi) is 3.58. The monoisotopic (exact) mass is 384 g/mol. The molecule has 1 fully saturated rings. The molecule has 0 unspecified atom stereocenters. The average molecular weight is 385 g/mol. The Morgan fingerprint density at radius 1 is 1.00 bits per heavy atom. The molecule has 27 heavy (non-hydrogen) atoms. The van der Waals surface area contributed by atoms with E-state index >= 15 is 0 Å². The van der Waals surface area contributed by atoms with E-state index in [4.69, 9.17) is 25.9 Å². The predicted octanol–water partition coefficient (Wildman–Crippen LogP) is 2.40. The van der Waals surface area contributed by atoms with Crippen LogP contribution in [0.25, 0.3) is 0 Å². The van der Waals surface area contributed by atoms with Crippen LogP contribution in [0.2, 0.25) is 5.02 Å². The molecule has 2 aromatic carbocycles. The van der Waals surface area contributed by atoms with E-state index in [1.165, 1.54) is 0 Å². The summed E-state index contributed by atoms with van der Waals surface area (Å²) < 4.78 is 11.0. The lowest BCUT2D eigenvalue weighted by Gasteiger charge is -2.21. The third-order valence-electron chi connectivity index (χ3n) is 4.75. The molecule has 136 valence electrons. The lowest BCUT2D eigenvalue weighted by atomic mass is 9.94. The summed E-state index contributed by atoms with van der Waals surface area (Å²) in [6.45, 7) is 0.875. The lowest BCUT2D eigenvalue weighted by Crippen LogP contribution is -2.33. The van der Waals surface area contributed by atoms with E-state index in [2.05, 4.69) is 5.16 Å². The first kappa shape index (κ1) is 16.1. The van der Waals surface area contributed by atoms with E-state index in [-0.39, 0.29) is 0 Å². The highest BCUT2D eigenvalue weighted by molar-refractivity contribution is 6.38. The van der Waals surface area contributed by atoms with Gasteiger partial charge in [0.2, 0.25) is 12.0 Å². The van der Waals surface area contributed by atoms with Crippen LogP contribution >= 0.6 is 11.6 Å². The standard InChI is InChI=1S/C19H13ClN2O5/c20-12-4-2-1-3-11(12)16-15-17(27-21-16)19(24)22(18(15)23)10-5-6-13-14(9-10)26-8-7-25-13/h1-6,9,15,17H,7-8H2/t15-,17-/m1/s1.